The molecule has 4 bridgehead atoms. The van der Waals surface area contributed by atoms with Crippen LogP contribution in [-0.4, -0.2) is 39.9 Å². The van der Waals surface area contributed by atoms with E-state index in [1.807, 2.05) is 24.3 Å². The number of rotatable bonds is 2. The van der Waals surface area contributed by atoms with Crippen LogP contribution in [0.1, 0.15) is 105 Å². The number of aliphatic imine (C=N–C) groups is 1. The molecule has 1 aromatic carbocycles. The summed E-state index contributed by atoms with van der Waals surface area (Å²) >= 11 is 1.27. The minimum absolute atomic E-state index is 0.0931. The second kappa shape index (κ2) is 10.9. The lowest BCUT2D eigenvalue weighted by atomic mass is 9.90. The van der Waals surface area contributed by atoms with Crippen molar-refractivity contribution in [1.29, 1.82) is 0 Å². The van der Waals surface area contributed by atoms with Gasteiger partial charge >= 0.3 is 5.97 Å². The summed E-state index contributed by atoms with van der Waals surface area (Å²) in [5.41, 5.74) is 2.52. The first kappa shape index (κ1) is 28.2. The lowest BCUT2D eigenvalue weighted by molar-refractivity contribution is 0.0696. The van der Waals surface area contributed by atoms with Crippen LogP contribution < -0.4 is 14.9 Å². The molecule has 212 valence electrons. The van der Waals surface area contributed by atoms with Crippen LogP contribution in [-0.2, 0) is 5.41 Å². The minimum atomic E-state index is -0.931. The molecular weight excluding hydrogens is 522 g/mol. The van der Waals surface area contributed by atoms with E-state index in [2.05, 4.69) is 55.6 Å². The molecule has 3 aliphatic rings. The van der Waals surface area contributed by atoms with Crippen molar-refractivity contribution in [2.45, 2.75) is 83.7 Å². The second-order valence-electron chi connectivity index (χ2n) is 12.7. The van der Waals surface area contributed by atoms with Gasteiger partial charge in [0.25, 0.3) is 5.91 Å². The van der Waals surface area contributed by atoms with Crippen molar-refractivity contribution >= 4 is 35.5 Å². The van der Waals surface area contributed by atoms with Crippen LogP contribution in [0.4, 0.5) is 5.82 Å². The molecule has 1 saturated heterocycles. The van der Waals surface area contributed by atoms with Crippen molar-refractivity contribution < 1.29 is 14.7 Å². The molecule has 0 aliphatic carbocycles. The molecule has 1 amide bonds. The van der Waals surface area contributed by atoms with E-state index in [4.69, 9.17) is 9.98 Å². The monoisotopic (exact) mass is 561 g/mol. The molecule has 40 heavy (non-hydrogen) atoms. The summed E-state index contributed by atoms with van der Waals surface area (Å²) in [5.74, 6) is 0.939. The summed E-state index contributed by atoms with van der Waals surface area (Å²) in [6.45, 7) is 11.7. The number of nitrogens with one attached hydrogen (secondary N) is 2. The van der Waals surface area contributed by atoms with Gasteiger partial charge in [0, 0.05) is 41.6 Å². The van der Waals surface area contributed by atoms with Gasteiger partial charge in [0.2, 0.25) is 0 Å². The van der Waals surface area contributed by atoms with Crippen LogP contribution >= 0.6 is 11.9 Å². The highest BCUT2D eigenvalue weighted by atomic mass is 32.2. The zero-order valence-corrected chi connectivity index (χ0v) is 24.8. The topological polar surface area (TPSA) is 107 Å². The van der Waals surface area contributed by atoms with Gasteiger partial charge in [-0.2, -0.15) is 0 Å². The number of aromatic carboxylic acids is 1. The number of carbonyl (C=O) groups excluding carboxylic acids is 1. The number of pyridine rings is 1. The molecule has 1 fully saturated rings. The zero-order chi connectivity index (χ0) is 28.7. The summed E-state index contributed by atoms with van der Waals surface area (Å²) in [4.78, 5) is 37.5. The number of hydrogen-bond acceptors (Lipinski definition) is 7. The Morgan fingerprint density at radius 2 is 1.88 bits per heavy atom. The largest absolute Gasteiger partial charge is 0.478 e. The van der Waals surface area contributed by atoms with Crippen molar-refractivity contribution in [2.75, 3.05) is 11.4 Å². The fraction of sp³-hybridized carbons (Fsp3) is 0.484. The molecule has 4 heterocycles. The number of amides is 1. The van der Waals surface area contributed by atoms with Gasteiger partial charge in [0.05, 0.1) is 22.2 Å². The standard InChI is InChI=1S/C31H39N5O3S/c1-30(2,3)24-16-14-22-27(33-24)36-18-19(17-31(36,4)5)9-15-23(20-10-12-21(13-11-20)29(38)39)32-25-7-6-8-26(34-25)40-35-28(22)37/h8,10-14,16,19,23H,6-7,9,15,17-18H2,1-5H3,(H,32,34)(H,35,37)(H,38,39). The zero-order valence-electron chi connectivity index (χ0n) is 24.0. The number of aromatic nitrogens is 1. The predicted molar refractivity (Wildman–Crippen MR) is 161 cm³/mol. The first-order valence-electron chi connectivity index (χ1n) is 14.0. The molecule has 8 nitrogen and oxygen atoms in total. The van der Waals surface area contributed by atoms with E-state index < -0.39 is 5.97 Å². The minimum Gasteiger partial charge on any atom is -0.478 e. The van der Waals surface area contributed by atoms with Crippen molar-refractivity contribution in [3.8, 4) is 0 Å². The van der Waals surface area contributed by atoms with Gasteiger partial charge in [-0.3, -0.25) is 14.5 Å². The normalized spacial score (nSPS) is 23.0. The Bertz CT molecular complexity index is 1360. The number of anilines is 1. The highest BCUT2D eigenvalue weighted by molar-refractivity contribution is 8.01. The Balaban J connectivity index is 1.53. The maximum absolute atomic E-state index is 13.5. The van der Waals surface area contributed by atoms with Gasteiger partial charge < -0.3 is 15.3 Å². The summed E-state index contributed by atoms with van der Waals surface area (Å²) in [6, 6.07) is 10.9. The summed E-state index contributed by atoms with van der Waals surface area (Å²) in [6.07, 6.45) is 6.48. The van der Waals surface area contributed by atoms with Gasteiger partial charge in [-0.1, -0.05) is 39.0 Å². The van der Waals surface area contributed by atoms with Gasteiger partial charge in [0.15, 0.2) is 0 Å². The smallest absolute Gasteiger partial charge is 0.335 e. The Morgan fingerprint density at radius 3 is 2.58 bits per heavy atom. The number of fused-ring (bicyclic) bond motifs is 6. The van der Waals surface area contributed by atoms with E-state index in [9.17, 15) is 14.7 Å². The van der Waals surface area contributed by atoms with Crippen LogP contribution in [0.5, 0.6) is 0 Å². The third-order valence-corrected chi connectivity index (χ3v) is 8.81. The SMILES string of the molecule is CC(C)(C)c1ccc2c(n1)N1CC(CCC(c3ccc(C(=O)O)cc3)N=C3CCC=C(N3)SNC2=O)CC1(C)C. The third kappa shape index (κ3) is 6.04. The average molecular weight is 562 g/mol. The molecule has 3 aliphatic heterocycles. The summed E-state index contributed by atoms with van der Waals surface area (Å²) in [5, 5.41) is 13.6. The number of benzene rings is 1. The average Bonchev–Trinajstić information content (AvgIpc) is 3.22. The van der Waals surface area contributed by atoms with Gasteiger partial charge in [-0.05, 0) is 75.3 Å². The van der Waals surface area contributed by atoms with Crippen LogP contribution in [0, 0.1) is 5.92 Å². The number of carboxylic acids is 1. The molecule has 1 aromatic heterocycles. The van der Waals surface area contributed by atoms with Crippen molar-refractivity contribution in [3.63, 3.8) is 0 Å². The molecule has 5 rings (SSSR count). The number of carbonyl (C=O) groups is 2. The Labute approximate surface area is 240 Å². The quantitative estimate of drug-likeness (QED) is 0.374. The predicted octanol–water partition coefficient (Wildman–Crippen LogP) is 6.22. The first-order chi connectivity index (χ1) is 18.9. The van der Waals surface area contributed by atoms with Gasteiger partial charge in [-0.15, -0.1) is 0 Å². The van der Waals surface area contributed by atoms with E-state index >= 15 is 0 Å². The van der Waals surface area contributed by atoms with E-state index in [0.29, 0.717) is 11.5 Å². The summed E-state index contributed by atoms with van der Waals surface area (Å²) in [7, 11) is 0. The first-order valence-corrected chi connectivity index (χ1v) is 14.9. The molecule has 2 aromatic rings. The van der Waals surface area contributed by atoms with Crippen molar-refractivity contribution in [3.05, 3.63) is 69.9 Å². The van der Waals surface area contributed by atoms with Crippen LogP contribution in [0.15, 0.2) is 52.5 Å². The maximum Gasteiger partial charge on any atom is 0.335 e. The number of allylic oxidation sites excluding steroid dienone is 1. The van der Waals surface area contributed by atoms with E-state index in [1.165, 1.54) is 11.9 Å². The highest BCUT2D eigenvalue weighted by Gasteiger charge is 2.41. The Kier molecular flexibility index (Phi) is 7.70. The number of hydrogen-bond donors (Lipinski definition) is 3. The third-order valence-electron chi connectivity index (χ3n) is 8.04. The Hall–Kier alpha value is -3.33. The van der Waals surface area contributed by atoms with E-state index in [-0.39, 0.29) is 28.5 Å². The van der Waals surface area contributed by atoms with E-state index in [1.54, 1.807) is 12.1 Å². The summed E-state index contributed by atoms with van der Waals surface area (Å²) < 4.78 is 3.04. The maximum atomic E-state index is 13.5. The van der Waals surface area contributed by atoms with Crippen LogP contribution in [0.25, 0.3) is 0 Å². The van der Waals surface area contributed by atoms with Gasteiger partial charge in [-0.25, -0.2) is 9.78 Å². The second-order valence-corrected chi connectivity index (χ2v) is 13.5. The van der Waals surface area contributed by atoms with Crippen molar-refractivity contribution in [2.24, 2.45) is 10.9 Å². The van der Waals surface area contributed by atoms with E-state index in [0.717, 1.165) is 66.6 Å². The molecule has 0 radical (unpaired) electrons. The molecule has 2 atom stereocenters. The highest BCUT2D eigenvalue weighted by Crippen LogP contribution is 2.41. The number of nitrogens with zero attached hydrogens (tertiary/aromatic N) is 3. The lowest BCUT2D eigenvalue weighted by Gasteiger charge is -2.34. The fourth-order valence-electron chi connectivity index (χ4n) is 5.85. The van der Waals surface area contributed by atoms with Crippen LogP contribution in [0.2, 0.25) is 0 Å². The molecular formula is C31H39N5O3S. The molecule has 3 N–H and O–H groups in total. The lowest BCUT2D eigenvalue weighted by Crippen LogP contribution is -2.40. The molecule has 0 spiro atoms. The Morgan fingerprint density at radius 1 is 1.12 bits per heavy atom. The molecule has 9 heteroatoms. The molecule has 2 unspecified atom stereocenters. The fourth-order valence-corrected chi connectivity index (χ4v) is 6.54. The number of carboxylic acid groups (broad SMARTS) is 1. The molecule has 0 saturated carbocycles. The van der Waals surface area contributed by atoms with Crippen molar-refractivity contribution in [1.82, 2.24) is 15.0 Å². The number of amidine groups is 1. The van der Waals surface area contributed by atoms with Gasteiger partial charge in [0.1, 0.15) is 11.7 Å². The van der Waals surface area contributed by atoms with Crippen LogP contribution in [0.3, 0.4) is 0 Å².